The zero-order chi connectivity index (χ0) is 27.0. The number of allylic oxidation sites excluding steroid dienone is 3. The van der Waals surface area contributed by atoms with Gasteiger partial charge in [0.15, 0.2) is 5.78 Å². The normalized spacial score (nSPS) is 18.6. The first-order valence-corrected chi connectivity index (χ1v) is 12.4. The third kappa shape index (κ3) is 5.09. The minimum Gasteiger partial charge on any atom is -0.457 e. The summed E-state index contributed by atoms with van der Waals surface area (Å²) in [5, 5.41) is 5.87. The summed E-state index contributed by atoms with van der Waals surface area (Å²) in [5.41, 5.74) is 2.48. The number of carbonyl (C=O) groups is 2. The standard InChI is InChI=1S/C31H28F2N2O3/c1-18-27(30(37)35-24-13-12-20(32)15-23(24)33)28(29-25(34-18)16-31(2,3)17-26(29)36)19-8-7-11-22(14-19)38-21-9-5-4-6-10-21/h4-15,28,34H,16-17H2,1-3H3,(H,35,37)/t28-/m0/s1. The van der Waals surface area contributed by atoms with Crippen LogP contribution in [0.15, 0.2) is 95.3 Å². The van der Waals surface area contributed by atoms with Gasteiger partial charge in [-0.25, -0.2) is 8.78 Å². The zero-order valence-corrected chi connectivity index (χ0v) is 21.4. The highest BCUT2D eigenvalue weighted by molar-refractivity contribution is 6.10. The number of anilines is 1. The van der Waals surface area contributed by atoms with Crippen molar-refractivity contribution in [3.05, 3.63) is 113 Å². The van der Waals surface area contributed by atoms with Crippen LogP contribution in [0.2, 0.25) is 0 Å². The molecule has 3 aromatic carbocycles. The summed E-state index contributed by atoms with van der Waals surface area (Å²) < 4.78 is 33.9. The summed E-state index contributed by atoms with van der Waals surface area (Å²) in [6.45, 7) is 5.85. The van der Waals surface area contributed by atoms with E-state index in [1.54, 1.807) is 6.92 Å². The molecular formula is C31H28F2N2O3. The molecule has 0 aromatic heterocycles. The van der Waals surface area contributed by atoms with E-state index in [2.05, 4.69) is 10.6 Å². The maximum Gasteiger partial charge on any atom is 0.254 e. The SMILES string of the molecule is CC1=C(C(=O)Nc2ccc(F)cc2F)[C@H](c2cccc(Oc3ccccc3)c2)C2=C(CC(C)(C)CC2=O)N1. The number of nitrogens with one attached hydrogen (secondary N) is 2. The molecule has 0 bridgehead atoms. The van der Waals surface area contributed by atoms with Crippen LogP contribution in [-0.2, 0) is 9.59 Å². The predicted molar refractivity (Wildman–Crippen MR) is 142 cm³/mol. The van der Waals surface area contributed by atoms with Gasteiger partial charge in [0.05, 0.1) is 5.69 Å². The van der Waals surface area contributed by atoms with E-state index < -0.39 is 23.5 Å². The number of dihydropyridines is 1. The lowest BCUT2D eigenvalue weighted by molar-refractivity contribution is -0.118. The number of hydrogen-bond acceptors (Lipinski definition) is 4. The van der Waals surface area contributed by atoms with Crippen molar-refractivity contribution in [2.75, 3.05) is 5.32 Å². The second kappa shape index (κ2) is 9.89. The van der Waals surface area contributed by atoms with Crippen LogP contribution in [-0.4, -0.2) is 11.7 Å². The Morgan fingerprint density at radius 1 is 0.974 bits per heavy atom. The van der Waals surface area contributed by atoms with E-state index in [1.165, 1.54) is 6.07 Å². The van der Waals surface area contributed by atoms with Gasteiger partial charge < -0.3 is 15.4 Å². The Labute approximate surface area is 220 Å². The Morgan fingerprint density at radius 2 is 1.71 bits per heavy atom. The van der Waals surface area contributed by atoms with Crippen molar-refractivity contribution >= 4 is 17.4 Å². The minimum absolute atomic E-state index is 0.0473. The Morgan fingerprint density at radius 3 is 2.45 bits per heavy atom. The van der Waals surface area contributed by atoms with Gasteiger partial charge in [-0.05, 0) is 60.7 Å². The molecule has 3 aromatic rings. The topological polar surface area (TPSA) is 67.4 Å². The highest BCUT2D eigenvalue weighted by Crippen LogP contribution is 2.47. The summed E-state index contributed by atoms with van der Waals surface area (Å²) in [6, 6.07) is 19.6. The molecule has 0 unspecified atom stereocenters. The predicted octanol–water partition coefficient (Wildman–Crippen LogP) is 7.00. The molecule has 1 aliphatic carbocycles. The van der Waals surface area contributed by atoms with Crippen molar-refractivity contribution in [2.24, 2.45) is 5.41 Å². The summed E-state index contributed by atoms with van der Waals surface area (Å²) in [7, 11) is 0. The van der Waals surface area contributed by atoms with Gasteiger partial charge in [-0.2, -0.15) is 0 Å². The van der Waals surface area contributed by atoms with Gasteiger partial charge in [-0.3, -0.25) is 9.59 Å². The van der Waals surface area contributed by atoms with Crippen LogP contribution in [0, 0.1) is 17.0 Å². The molecule has 1 amide bonds. The number of halogens is 2. The number of Topliss-reactive ketones (excluding diaryl/α,β-unsaturated/α-hetero) is 1. The number of benzene rings is 3. The number of carbonyl (C=O) groups excluding carboxylic acids is 2. The largest absolute Gasteiger partial charge is 0.457 e. The van der Waals surface area contributed by atoms with Crippen molar-refractivity contribution < 1.29 is 23.1 Å². The Kier molecular flexibility index (Phi) is 6.61. The van der Waals surface area contributed by atoms with Crippen LogP contribution in [0.5, 0.6) is 11.5 Å². The van der Waals surface area contributed by atoms with Crippen LogP contribution in [0.4, 0.5) is 14.5 Å². The molecule has 38 heavy (non-hydrogen) atoms. The molecule has 2 N–H and O–H groups in total. The Hall–Kier alpha value is -4.26. The van der Waals surface area contributed by atoms with Gasteiger partial charge in [-0.1, -0.05) is 44.2 Å². The van der Waals surface area contributed by atoms with Crippen molar-refractivity contribution in [2.45, 2.75) is 39.5 Å². The molecule has 0 saturated heterocycles. The first kappa shape index (κ1) is 25.4. The number of amides is 1. The van der Waals surface area contributed by atoms with E-state index in [1.807, 2.05) is 68.4 Å². The monoisotopic (exact) mass is 514 g/mol. The van der Waals surface area contributed by atoms with Gasteiger partial charge in [-0.15, -0.1) is 0 Å². The van der Waals surface area contributed by atoms with E-state index >= 15 is 0 Å². The summed E-state index contributed by atoms with van der Waals surface area (Å²) in [5.74, 6) is -1.74. The fraction of sp³-hybridized carbons (Fsp3) is 0.226. The lowest BCUT2D eigenvalue weighted by Crippen LogP contribution is -2.39. The number of rotatable bonds is 5. The molecule has 2 aliphatic rings. The Balaban J connectivity index is 1.58. The van der Waals surface area contributed by atoms with E-state index in [0.717, 1.165) is 11.8 Å². The van der Waals surface area contributed by atoms with Gasteiger partial charge in [0.1, 0.15) is 23.1 Å². The molecule has 0 radical (unpaired) electrons. The van der Waals surface area contributed by atoms with E-state index in [0.29, 0.717) is 47.2 Å². The third-order valence-electron chi connectivity index (χ3n) is 6.83. The maximum absolute atomic E-state index is 14.4. The molecule has 1 heterocycles. The van der Waals surface area contributed by atoms with Gasteiger partial charge >= 0.3 is 0 Å². The highest BCUT2D eigenvalue weighted by Gasteiger charge is 2.42. The minimum atomic E-state index is -0.884. The van der Waals surface area contributed by atoms with E-state index in [4.69, 9.17) is 4.74 Å². The average Bonchev–Trinajstić information content (AvgIpc) is 2.85. The smallest absolute Gasteiger partial charge is 0.254 e. The molecule has 0 saturated carbocycles. The second-order valence-electron chi connectivity index (χ2n) is 10.5. The average molecular weight is 515 g/mol. The quantitative estimate of drug-likeness (QED) is 0.385. The molecule has 7 heteroatoms. The van der Waals surface area contributed by atoms with E-state index in [9.17, 15) is 18.4 Å². The molecule has 1 atom stereocenters. The second-order valence-corrected chi connectivity index (χ2v) is 10.5. The fourth-order valence-electron chi connectivity index (χ4n) is 5.23. The fourth-order valence-corrected chi connectivity index (χ4v) is 5.23. The van der Waals surface area contributed by atoms with Crippen LogP contribution < -0.4 is 15.4 Å². The third-order valence-corrected chi connectivity index (χ3v) is 6.83. The molecule has 1 aliphatic heterocycles. The maximum atomic E-state index is 14.4. The molecule has 0 spiro atoms. The Bertz CT molecular complexity index is 1490. The highest BCUT2D eigenvalue weighted by atomic mass is 19.1. The van der Waals surface area contributed by atoms with Crippen molar-refractivity contribution in [3.63, 3.8) is 0 Å². The number of ether oxygens (including phenoxy) is 1. The number of ketones is 1. The van der Waals surface area contributed by atoms with Gasteiger partial charge in [0, 0.05) is 40.9 Å². The lowest BCUT2D eigenvalue weighted by Gasteiger charge is -2.39. The van der Waals surface area contributed by atoms with Crippen LogP contribution in [0.25, 0.3) is 0 Å². The molecule has 5 nitrogen and oxygen atoms in total. The first-order chi connectivity index (χ1) is 18.1. The molecule has 0 fully saturated rings. The van der Waals surface area contributed by atoms with Gasteiger partial charge in [0.25, 0.3) is 5.91 Å². The summed E-state index contributed by atoms with van der Waals surface area (Å²) >= 11 is 0. The number of para-hydroxylation sites is 1. The van der Waals surface area contributed by atoms with Crippen LogP contribution in [0.1, 0.15) is 45.1 Å². The van der Waals surface area contributed by atoms with Gasteiger partial charge in [0.2, 0.25) is 0 Å². The molecule has 194 valence electrons. The van der Waals surface area contributed by atoms with Crippen molar-refractivity contribution in [3.8, 4) is 11.5 Å². The summed E-state index contributed by atoms with van der Waals surface area (Å²) in [6.07, 6.45) is 0.981. The number of hydrogen-bond donors (Lipinski definition) is 2. The summed E-state index contributed by atoms with van der Waals surface area (Å²) in [4.78, 5) is 27.2. The van der Waals surface area contributed by atoms with E-state index in [-0.39, 0.29) is 22.5 Å². The first-order valence-electron chi connectivity index (χ1n) is 12.4. The molecular weight excluding hydrogens is 486 g/mol. The zero-order valence-electron chi connectivity index (χ0n) is 21.4. The van der Waals surface area contributed by atoms with Crippen molar-refractivity contribution in [1.82, 2.24) is 5.32 Å². The lowest BCUT2D eigenvalue weighted by atomic mass is 9.68. The molecule has 5 rings (SSSR count). The van der Waals surface area contributed by atoms with Crippen molar-refractivity contribution in [1.29, 1.82) is 0 Å². The van der Waals surface area contributed by atoms with Crippen LogP contribution >= 0.6 is 0 Å². The van der Waals surface area contributed by atoms with Crippen LogP contribution in [0.3, 0.4) is 0 Å².